The summed E-state index contributed by atoms with van der Waals surface area (Å²) >= 11 is 0. The fourth-order valence-electron chi connectivity index (χ4n) is 5.56. The molecule has 1 amide bonds. The van der Waals surface area contributed by atoms with Gasteiger partial charge in [-0.2, -0.15) is 0 Å². The molecule has 32 heavy (non-hydrogen) atoms. The average molecular weight is 439 g/mol. The molecule has 0 bridgehead atoms. The number of benzene rings is 1. The number of aromatic amines is 1. The van der Waals surface area contributed by atoms with Crippen LogP contribution in [0.15, 0.2) is 29.1 Å². The number of halogens is 1. The molecule has 7 heteroatoms. The van der Waals surface area contributed by atoms with Crippen molar-refractivity contribution in [3.8, 4) is 0 Å². The summed E-state index contributed by atoms with van der Waals surface area (Å²) in [5.41, 5.74) is 2.14. The quantitative estimate of drug-likeness (QED) is 0.796. The molecule has 2 aromatic rings. The highest BCUT2D eigenvalue weighted by Crippen LogP contribution is 2.29. The number of nitrogens with zero attached hydrogens (tertiary/aromatic N) is 3. The van der Waals surface area contributed by atoms with E-state index in [4.69, 9.17) is 4.98 Å². The van der Waals surface area contributed by atoms with Crippen molar-refractivity contribution in [2.24, 2.45) is 0 Å². The summed E-state index contributed by atoms with van der Waals surface area (Å²) in [5.74, 6) is 0.282. The van der Waals surface area contributed by atoms with Gasteiger partial charge in [0.2, 0.25) is 5.91 Å². The van der Waals surface area contributed by atoms with Gasteiger partial charge in [0, 0.05) is 43.7 Å². The van der Waals surface area contributed by atoms with Crippen LogP contribution in [0.3, 0.4) is 0 Å². The zero-order chi connectivity index (χ0) is 22.1. The Morgan fingerprint density at radius 1 is 1.12 bits per heavy atom. The van der Waals surface area contributed by atoms with E-state index in [0.29, 0.717) is 30.5 Å². The van der Waals surface area contributed by atoms with Crippen molar-refractivity contribution in [2.45, 2.75) is 69.9 Å². The fourth-order valence-corrected chi connectivity index (χ4v) is 5.56. The number of amides is 1. The molecule has 1 saturated heterocycles. The molecule has 5 rings (SSSR count). The summed E-state index contributed by atoms with van der Waals surface area (Å²) in [4.78, 5) is 37.7. The van der Waals surface area contributed by atoms with Crippen LogP contribution in [-0.4, -0.2) is 51.4 Å². The predicted octanol–water partition coefficient (Wildman–Crippen LogP) is 3.16. The standard InChI is InChI=1S/C25H31FN4O2/c26-21-9-5-4-6-17(21)14-23(31)30-12-10-18(15-30)24-27-22-16-29(19-7-2-1-3-8-19)13-11-20(22)25(32)28-24/h4-6,9,18-19H,1-3,7-8,10-16H2,(H,27,28,32). The molecule has 2 aliphatic heterocycles. The highest BCUT2D eigenvalue weighted by molar-refractivity contribution is 5.79. The molecule has 1 saturated carbocycles. The van der Waals surface area contributed by atoms with Gasteiger partial charge in [0.05, 0.1) is 12.1 Å². The minimum absolute atomic E-state index is 0.0163. The van der Waals surface area contributed by atoms with Crippen molar-refractivity contribution in [2.75, 3.05) is 19.6 Å². The Bertz CT molecular complexity index is 1050. The molecule has 1 aliphatic carbocycles. The zero-order valence-electron chi connectivity index (χ0n) is 18.5. The van der Waals surface area contributed by atoms with Crippen molar-refractivity contribution < 1.29 is 9.18 Å². The van der Waals surface area contributed by atoms with Gasteiger partial charge in [-0.05, 0) is 37.3 Å². The number of carbonyl (C=O) groups is 1. The number of rotatable bonds is 4. The fraction of sp³-hybridized carbons (Fsp3) is 0.560. The smallest absolute Gasteiger partial charge is 0.254 e. The van der Waals surface area contributed by atoms with Crippen molar-refractivity contribution in [1.82, 2.24) is 19.8 Å². The van der Waals surface area contributed by atoms with Crippen LogP contribution < -0.4 is 5.56 Å². The van der Waals surface area contributed by atoms with E-state index in [-0.39, 0.29) is 29.6 Å². The third-order valence-electron chi connectivity index (χ3n) is 7.44. The summed E-state index contributed by atoms with van der Waals surface area (Å²) in [5, 5.41) is 0. The summed E-state index contributed by atoms with van der Waals surface area (Å²) < 4.78 is 13.9. The number of fused-ring (bicyclic) bond motifs is 1. The van der Waals surface area contributed by atoms with Gasteiger partial charge in [0.1, 0.15) is 11.6 Å². The second kappa shape index (κ2) is 9.14. The number of nitrogens with one attached hydrogen (secondary N) is 1. The first-order chi connectivity index (χ1) is 15.6. The van der Waals surface area contributed by atoms with Gasteiger partial charge in [-0.25, -0.2) is 9.37 Å². The number of aromatic nitrogens is 2. The molecule has 170 valence electrons. The van der Waals surface area contributed by atoms with Crippen LogP contribution in [0.1, 0.15) is 67.1 Å². The van der Waals surface area contributed by atoms with Gasteiger partial charge < -0.3 is 9.88 Å². The molecule has 0 spiro atoms. The molecule has 1 aromatic carbocycles. The van der Waals surface area contributed by atoms with E-state index in [1.165, 1.54) is 38.2 Å². The van der Waals surface area contributed by atoms with Crippen LogP contribution >= 0.6 is 0 Å². The predicted molar refractivity (Wildman–Crippen MR) is 120 cm³/mol. The SMILES string of the molecule is O=C(Cc1ccccc1F)N1CCC(c2nc3c(c(=O)[nH]2)CCN(C2CCCCC2)C3)C1. The van der Waals surface area contributed by atoms with Gasteiger partial charge >= 0.3 is 0 Å². The maximum atomic E-state index is 13.9. The summed E-state index contributed by atoms with van der Waals surface area (Å²) in [6.07, 6.45) is 7.98. The van der Waals surface area contributed by atoms with Gasteiger partial charge in [0.25, 0.3) is 5.56 Å². The molecule has 1 N–H and O–H groups in total. The van der Waals surface area contributed by atoms with Crippen LogP contribution in [0, 0.1) is 5.82 Å². The lowest BCUT2D eigenvalue weighted by molar-refractivity contribution is -0.129. The van der Waals surface area contributed by atoms with Gasteiger partial charge in [-0.3, -0.25) is 14.5 Å². The van der Waals surface area contributed by atoms with E-state index in [2.05, 4.69) is 9.88 Å². The molecular formula is C25H31FN4O2. The van der Waals surface area contributed by atoms with E-state index < -0.39 is 0 Å². The third kappa shape index (κ3) is 4.35. The van der Waals surface area contributed by atoms with E-state index in [0.717, 1.165) is 37.2 Å². The Labute approximate surface area is 187 Å². The summed E-state index contributed by atoms with van der Waals surface area (Å²) in [6, 6.07) is 7.02. The number of likely N-dealkylation sites (tertiary alicyclic amines) is 1. The van der Waals surface area contributed by atoms with Crippen molar-refractivity contribution >= 4 is 5.91 Å². The first kappa shape index (κ1) is 21.3. The lowest BCUT2D eigenvalue weighted by Crippen LogP contribution is -2.42. The van der Waals surface area contributed by atoms with E-state index in [9.17, 15) is 14.0 Å². The maximum Gasteiger partial charge on any atom is 0.254 e. The monoisotopic (exact) mass is 438 g/mol. The van der Waals surface area contributed by atoms with Crippen molar-refractivity contribution in [3.05, 3.63) is 63.1 Å². The Morgan fingerprint density at radius 2 is 1.94 bits per heavy atom. The van der Waals surface area contributed by atoms with E-state index in [1.807, 2.05) is 0 Å². The number of hydrogen-bond acceptors (Lipinski definition) is 4. The van der Waals surface area contributed by atoms with Gasteiger partial charge in [0.15, 0.2) is 0 Å². The normalized spacial score (nSPS) is 22.2. The highest BCUT2D eigenvalue weighted by Gasteiger charge is 2.32. The van der Waals surface area contributed by atoms with Crippen molar-refractivity contribution in [1.29, 1.82) is 0 Å². The summed E-state index contributed by atoms with van der Waals surface area (Å²) in [6.45, 7) is 2.80. The second-order valence-electron chi connectivity index (χ2n) is 9.48. The highest BCUT2D eigenvalue weighted by atomic mass is 19.1. The minimum atomic E-state index is -0.347. The molecule has 3 aliphatic rings. The van der Waals surface area contributed by atoms with Crippen LogP contribution in [0.5, 0.6) is 0 Å². The Morgan fingerprint density at radius 3 is 2.75 bits per heavy atom. The lowest BCUT2D eigenvalue weighted by atomic mass is 9.92. The minimum Gasteiger partial charge on any atom is -0.342 e. The van der Waals surface area contributed by atoms with E-state index >= 15 is 0 Å². The number of hydrogen-bond donors (Lipinski definition) is 1. The molecule has 0 radical (unpaired) electrons. The number of carbonyl (C=O) groups excluding carboxylic acids is 1. The van der Waals surface area contributed by atoms with Crippen molar-refractivity contribution in [3.63, 3.8) is 0 Å². The number of H-pyrrole nitrogens is 1. The molecule has 2 fully saturated rings. The molecule has 1 unspecified atom stereocenters. The largest absolute Gasteiger partial charge is 0.342 e. The average Bonchev–Trinajstić information content (AvgIpc) is 3.31. The first-order valence-corrected chi connectivity index (χ1v) is 12.0. The van der Waals surface area contributed by atoms with E-state index in [1.54, 1.807) is 23.1 Å². The molecule has 1 atom stereocenters. The Kier molecular flexibility index (Phi) is 6.09. The van der Waals surface area contributed by atoms with Crippen LogP contribution in [0.4, 0.5) is 4.39 Å². The molecule has 6 nitrogen and oxygen atoms in total. The maximum absolute atomic E-state index is 13.9. The van der Waals surface area contributed by atoms with Gasteiger partial charge in [-0.15, -0.1) is 0 Å². The van der Waals surface area contributed by atoms with Crippen LogP contribution in [0.25, 0.3) is 0 Å². The molecular weight excluding hydrogens is 407 g/mol. The van der Waals surface area contributed by atoms with Crippen LogP contribution in [-0.2, 0) is 24.2 Å². The topological polar surface area (TPSA) is 69.3 Å². The first-order valence-electron chi connectivity index (χ1n) is 12.0. The third-order valence-corrected chi connectivity index (χ3v) is 7.44. The Hall–Kier alpha value is -2.54. The zero-order valence-corrected chi connectivity index (χ0v) is 18.5. The lowest BCUT2D eigenvalue weighted by Gasteiger charge is -2.37. The molecule has 3 heterocycles. The Balaban J connectivity index is 1.28. The molecule has 1 aromatic heterocycles. The summed E-state index contributed by atoms with van der Waals surface area (Å²) in [7, 11) is 0. The van der Waals surface area contributed by atoms with Crippen LogP contribution in [0.2, 0.25) is 0 Å². The second-order valence-corrected chi connectivity index (χ2v) is 9.48. The van der Waals surface area contributed by atoms with Gasteiger partial charge in [-0.1, -0.05) is 37.5 Å².